The van der Waals surface area contributed by atoms with Crippen molar-refractivity contribution in [1.29, 1.82) is 0 Å². The lowest BCUT2D eigenvalue weighted by atomic mass is 9.76. The second-order valence-electron chi connectivity index (χ2n) is 6.88. The average Bonchev–Trinajstić information content (AvgIpc) is 2.91. The van der Waals surface area contributed by atoms with Crippen LogP contribution in [0.4, 0.5) is 0 Å². The van der Waals surface area contributed by atoms with Crippen LogP contribution in [-0.2, 0) is 0 Å². The van der Waals surface area contributed by atoms with Crippen LogP contribution in [0.3, 0.4) is 0 Å². The van der Waals surface area contributed by atoms with Gasteiger partial charge in [0.05, 0.1) is 7.11 Å². The first-order chi connectivity index (χ1) is 10.0. The molecule has 21 heavy (non-hydrogen) atoms. The lowest BCUT2D eigenvalue weighted by molar-refractivity contribution is 0.218. The Morgan fingerprint density at radius 1 is 1.24 bits per heavy atom. The maximum absolute atomic E-state index is 5.78. The number of hydrogen-bond donors (Lipinski definition) is 1. The summed E-state index contributed by atoms with van der Waals surface area (Å²) in [4.78, 5) is 0. The van der Waals surface area contributed by atoms with Crippen LogP contribution in [-0.4, -0.2) is 13.7 Å². The van der Waals surface area contributed by atoms with Gasteiger partial charge in [0.25, 0.3) is 0 Å². The fourth-order valence-electron chi connectivity index (χ4n) is 3.80. The lowest BCUT2D eigenvalue weighted by Crippen LogP contribution is -2.35. The molecule has 1 fully saturated rings. The van der Waals surface area contributed by atoms with Gasteiger partial charge in [-0.3, -0.25) is 0 Å². The van der Waals surface area contributed by atoms with Gasteiger partial charge in [-0.2, -0.15) is 0 Å². The van der Waals surface area contributed by atoms with Crippen molar-refractivity contribution < 1.29 is 4.74 Å². The average molecular weight is 289 g/mol. The molecule has 0 amide bonds. The monoisotopic (exact) mass is 289 g/mol. The third-order valence-corrected chi connectivity index (χ3v) is 5.26. The van der Waals surface area contributed by atoms with Crippen molar-refractivity contribution in [3.8, 4) is 5.75 Å². The molecule has 0 bridgehead atoms. The van der Waals surface area contributed by atoms with E-state index in [-0.39, 0.29) is 0 Å². The first-order valence-corrected chi connectivity index (χ1v) is 8.41. The third-order valence-electron chi connectivity index (χ3n) is 5.26. The quantitative estimate of drug-likeness (QED) is 0.801. The topological polar surface area (TPSA) is 21.3 Å². The van der Waals surface area contributed by atoms with E-state index in [2.05, 4.69) is 45.1 Å². The SMILES string of the molecule is CCCNC(c1ccc(C)c(C)c1OC)C1(C)CCCC1. The van der Waals surface area contributed by atoms with Crippen molar-refractivity contribution in [2.24, 2.45) is 5.41 Å². The summed E-state index contributed by atoms with van der Waals surface area (Å²) in [6.07, 6.45) is 6.50. The van der Waals surface area contributed by atoms with E-state index in [1.165, 1.54) is 48.8 Å². The minimum Gasteiger partial charge on any atom is -0.496 e. The molecule has 1 aliphatic carbocycles. The Hall–Kier alpha value is -1.02. The van der Waals surface area contributed by atoms with Gasteiger partial charge in [0.2, 0.25) is 0 Å². The minimum atomic E-state index is 0.351. The fourth-order valence-corrected chi connectivity index (χ4v) is 3.80. The molecule has 0 aliphatic heterocycles. The highest BCUT2D eigenvalue weighted by Crippen LogP contribution is 2.49. The zero-order valence-corrected chi connectivity index (χ0v) is 14.4. The summed E-state index contributed by atoms with van der Waals surface area (Å²) in [7, 11) is 1.80. The summed E-state index contributed by atoms with van der Waals surface area (Å²) in [5.41, 5.74) is 4.28. The standard InChI is InChI=1S/C19H31NO/c1-6-13-20-18(19(4)11-7-8-12-19)16-10-9-14(2)15(3)17(16)21-5/h9-10,18,20H,6-8,11-13H2,1-5H3. The summed E-state index contributed by atoms with van der Waals surface area (Å²) in [5.74, 6) is 1.08. The Morgan fingerprint density at radius 2 is 1.90 bits per heavy atom. The van der Waals surface area contributed by atoms with Gasteiger partial charge in [0.1, 0.15) is 5.75 Å². The molecule has 1 aromatic carbocycles. The zero-order chi connectivity index (χ0) is 15.5. The molecule has 2 nitrogen and oxygen atoms in total. The number of nitrogens with one attached hydrogen (secondary N) is 1. The molecule has 0 aromatic heterocycles. The van der Waals surface area contributed by atoms with Crippen molar-refractivity contribution in [1.82, 2.24) is 5.32 Å². The van der Waals surface area contributed by atoms with Crippen molar-refractivity contribution in [3.63, 3.8) is 0 Å². The predicted molar refractivity (Wildman–Crippen MR) is 90.1 cm³/mol. The Bertz CT molecular complexity index is 475. The zero-order valence-electron chi connectivity index (χ0n) is 14.4. The maximum Gasteiger partial charge on any atom is 0.126 e. The summed E-state index contributed by atoms with van der Waals surface area (Å²) < 4.78 is 5.78. The molecular weight excluding hydrogens is 258 g/mol. The number of ether oxygens (including phenoxy) is 1. The van der Waals surface area contributed by atoms with Crippen molar-refractivity contribution in [2.45, 2.75) is 65.8 Å². The Balaban J connectivity index is 2.43. The molecule has 0 saturated heterocycles. The van der Waals surface area contributed by atoms with Gasteiger partial charge in [0, 0.05) is 11.6 Å². The van der Waals surface area contributed by atoms with E-state index >= 15 is 0 Å². The summed E-state index contributed by atoms with van der Waals surface area (Å²) in [6, 6.07) is 4.92. The van der Waals surface area contributed by atoms with E-state index in [0.29, 0.717) is 11.5 Å². The number of rotatable bonds is 6. The van der Waals surface area contributed by atoms with Crippen LogP contribution in [0.1, 0.15) is 68.7 Å². The van der Waals surface area contributed by atoms with Crippen molar-refractivity contribution >= 4 is 0 Å². The maximum atomic E-state index is 5.78. The molecule has 1 aliphatic rings. The fraction of sp³-hybridized carbons (Fsp3) is 0.684. The van der Waals surface area contributed by atoms with Gasteiger partial charge in [-0.25, -0.2) is 0 Å². The third kappa shape index (κ3) is 3.26. The van der Waals surface area contributed by atoms with Crippen LogP contribution in [0.2, 0.25) is 0 Å². The van der Waals surface area contributed by atoms with E-state index in [4.69, 9.17) is 4.74 Å². The van der Waals surface area contributed by atoms with E-state index in [9.17, 15) is 0 Å². The van der Waals surface area contributed by atoms with Gasteiger partial charge in [-0.1, -0.05) is 38.8 Å². The molecule has 0 spiro atoms. The highest BCUT2D eigenvalue weighted by Gasteiger charge is 2.39. The summed E-state index contributed by atoms with van der Waals surface area (Å²) in [6.45, 7) is 10.1. The molecule has 1 unspecified atom stereocenters. The predicted octanol–water partition coefficient (Wildman–Crippen LogP) is 4.93. The lowest BCUT2D eigenvalue weighted by Gasteiger charge is -2.36. The first kappa shape index (κ1) is 16.4. The molecule has 118 valence electrons. The van der Waals surface area contributed by atoms with Crippen molar-refractivity contribution in [2.75, 3.05) is 13.7 Å². The molecule has 1 saturated carbocycles. The summed E-state index contributed by atoms with van der Waals surface area (Å²) >= 11 is 0. The Kier molecular flexibility index (Phi) is 5.32. The molecule has 1 aromatic rings. The molecule has 1 atom stereocenters. The number of aryl methyl sites for hydroxylation is 1. The number of hydrogen-bond acceptors (Lipinski definition) is 2. The normalized spacial score (nSPS) is 18.7. The van der Waals surface area contributed by atoms with E-state index < -0.39 is 0 Å². The minimum absolute atomic E-state index is 0.351. The van der Waals surface area contributed by atoms with Gasteiger partial charge in [0.15, 0.2) is 0 Å². The molecule has 0 radical (unpaired) electrons. The molecule has 1 N–H and O–H groups in total. The van der Waals surface area contributed by atoms with Gasteiger partial charge >= 0.3 is 0 Å². The number of benzene rings is 1. The molecule has 2 heteroatoms. The summed E-state index contributed by atoms with van der Waals surface area (Å²) in [5, 5.41) is 3.81. The number of methoxy groups -OCH3 is 1. The van der Waals surface area contributed by atoms with E-state index in [0.717, 1.165) is 12.3 Å². The van der Waals surface area contributed by atoms with Crippen LogP contribution < -0.4 is 10.1 Å². The molecule has 2 rings (SSSR count). The van der Waals surface area contributed by atoms with Crippen LogP contribution in [0.25, 0.3) is 0 Å². The van der Waals surface area contributed by atoms with Crippen LogP contribution >= 0.6 is 0 Å². The van der Waals surface area contributed by atoms with Gasteiger partial charge in [-0.05, 0) is 56.2 Å². The highest BCUT2D eigenvalue weighted by molar-refractivity contribution is 5.47. The van der Waals surface area contributed by atoms with E-state index in [1.54, 1.807) is 7.11 Å². The van der Waals surface area contributed by atoms with Crippen LogP contribution in [0.5, 0.6) is 5.75 Å². The van der Waals surface area contributed by atoms with E-state index in [1.807, 2.05) is 0 Å². The first-order valence-electron chi connectivity index (χ1n) is 8.41. The van der Waals surface area contributed by atoms with Gasteiger partial charge < -0.3 is 10.1 Å². The molecule has 0 heterocycles. The highest BCUT2D eigenvalue weighted by atomic mass is 16.5. The second kappa shape index (κ2) is 6.83. The van der Waals surface area contributed by atoms with Crippen molar-refractivity contribution in [3.05, 3.63) is 28.8 Å². The molecular formula is C19H31NO. The Morgan fingerprint density at radius 3 is 2.48 bits per heavy atom. The van der Waals surface area contributed by atoms with Crippen LogP contribution in [0, 0.1) is 19.3 Å². The smallest absolute Gasteiger partial charge is 0.126 e. The van der Waals surface area contributed by atoms with Crippen LogP contribution in [0.15, 0.2) is 12.1 Å². The largest absolute Gasteiger partial charge is 0.496 e. The van der Waals surface area contributed by atoms with Gasteiger partial charge in [-0.15, -0.1) is 0 Å². The Labute approximate surface area is 130 Å². The second-order valence-corrected chi connectivity index (χ2v) is 6.88.